The van der Waals surface area contributed by atoms with Crippen molar-refractivity contribution in [2.45, 2.75) is 85.0 Å². The van der Waals surface area contributed by atoms with Crippen LogP contribution in [0.1, 0.15) is 72.9 Å². The molecule has 0 saturated heterocycles. The highest BCUT2D eigenvalue weighted by Crippen LogP contribution is 2.26. The van der Waals surface area contributed by atoms with Gasteiger partial charge >= 0.3 is 6.09 Å². The van der Waals surface area contributed by atoms with Crippen LogP contribution < -0.4 is 10.6 Å². The summed E-state index contributed by atoms with van der Waals surface area (Å²) in [5.41, 5.74) is -0.412. The lowest BCUT2D eigenvalue weighted by Crippen LogP contribution is -2.55. The van der Waals surface area contributed by atoms with E-state index in [2.05, 4.69) is 10.6 Å². The number of benzene rings is 1. The number of nitrogens with one attached hydrogen (secondary N) is 2. The van der Waals surface area contributed by atoms with Crippen molar-refractivity contribution in [3.05, 3.63) is 29.8 Å². The van der Waals surface area contributed by atoms with Crippen molar-refractivity contribution in [2.24, 2.45) is 5.92 Å². The smallest absolute Gasteiger partial charge is 0.408 e. The molecule has 34 heavy (non-hydrogen) atoms. The SMILES string of the molecule is CCCC(C)NC(=O)C(c1cccc(O)c1)N(CC#N)C(=O)C(NC(=O)OC(C)(C)C)C(C)C. The molecular weight excluding hydrogens is 436 g/mol. The first kappa shape index (κ1) is 28.8. The van der Waals surface area contributed by atoms with Crippen molar-refractivity contribution >= 4 is 17.9 Å². The second kappa shape index (κ2) is 12.8. The molecule has 1 aromatic rings. The number of rotatable bonds is 10. The van der Waals surface area contributed by atoms with Gasteiger partial charge in [0.25, 0.3) is 0 Å². The predicted octanol–water partition coefficient (Wildman–Crippen LogP) is 3.64. The van der Waals surface area contributed by atoms with Gasteiger partial charge in [-0.25, -0.2) is 4.79 Å². The first-order chi connectivity index (χ1) is 15.8. The van der Waals surface area contributed by atoms with Crippen LogP contribution in [0.15, 0.2) is 24.3 Å². The highest BCUT2D eigenvalue weighted by molar-refractivity contribution is 5.92. The van der Waals surface area contributed by atoms with Crippen molar-refractivity contribution in [2.75, 3.05) is 6.54 Å². The molecule has 0 bridgehead atoms. The molecule has 3 atom stereocenters. The van der Waals surface area contributed by atoms with E-state index >= 15 is 0 Å². The summed E-state index contributed by atoms with van der Waals surface area (Å²) < 4.78 is 5.30. The summed E-state index contributed by atoms with van der Waals surface area (Å²) in [6, 6.07) is 5.59. The fourth-order valence-corrected chi connectivity index (χ4v) is 3.49. The lowest BCUT2D eigenvalue weighted by molar-refractivity contribution is -0.142. The molecule has 0 aromatic heterocycles. The van der Waals surface area contributed by atoms with Crippen LogP contribution in [0.4, 0.5) is 4.79 Å². The number of carbonyl (C=O) groups is 3. The molecule has 0 heterocycles. The topological polar surface area (TPSA) is 132 Å². The molecule has 0 aliphatic rings. The number of nitrogens with zero attached hydrogens (tertiary/aromatic N) is 2. The molecule has 3 amide bonds. The molecule has 3 unspecified atom stereocenters. The Kier molecular flexibility index (Phi) is 10.8. The van der Waals surface area contributed by atoms with Crippen LogP contribution in [0.5, 0.6) is 5.75 Å². The van der Waals surface area contributed by atoms with Gasteiger partial charge in [-0.2, -0.15) is 5.26 Å². The third kappa shape index (κ3) is 8.93. The minimum Gasteiger partial charge on any atom is -0.508 e. The number of nitriles is 1. The maximum Gasteiger partial charge on any atom is 0.408 e. The number of phenolic OH excluding ortho intramolecular Hbond substituents is 1. The normalized spacial score (nSPS) is 13.9. The Morgan fingerprint density at radius 1 is 1.18 bits per heavy atom. The first-order valence-corrected chi connectivity index (χ1v) is 11.6. The first-order valence-electron chi connectivity index (χ1n) is 11.6. The van der Waals surface area contributed by atoms with Gasteiger partial charge in [0.05, 0.1) is 6.07 Å². The van der Waals surface area contributed by atoms with Gasteiger partial charge in [-0.3, -0.25) is 9.59 Å². The zero-order valence-corrected chi connectivity index (χ0v) is 21.2. The van der Waals surface area contributed by atoms with Gasteiger partial charge in [0.1, 0.15) is 30.0 Å². The number of alkyl carbamates (subject to hydrolysis) is 1. The fraction of sp³-hybridized carbons (Fsp3) is 0.600. The van der Waals surface area contributed by atoms with Gasteiger partial charge in [-0.05, 0) is 57.7 Å². The number of hydrogen-bond donors (Lipinski definition) is 3. The van der Waals surface area contributed by atoms with Crippen molar-refractivity contribution < 1.29 is 24.2 Å². The van der Waals surface area contributed by atoms with Crippen LogP contribution in [0, 0.1) is 17.2 Å². The third-order valence-corrected chi connectivity index (χ3v) is 4.99. The average molecular weight is 475 g/mol. The summed E-state index contributed by atoms with van der Waals surface area (Å²) >= 11 is 0. The molecule has 1 aromatic carbocycles. The maximum absolute atomic E-state index is 13.7. The second-order valence-corrected chi connectivity index (χ2v) is 9.69. The van der Waals surface area contributed by atoms with Crippen LogP contribution >= 0.6 is 0 Å². The molecule has 0 saturated carbocycles. The number of phenols is 1. The van der Waals surface area contributed by atoms with Gasteiger partial charge in [0.2, 0.25) is 11.8 Å². The molecule has 1 rings (SSSR count). The van der Waals surface area contributed by atoms with E-state index < -0.39 is 42.1 Å². The number of ether oxygens (including phenoxy) is 1. The number of carbonyl (C=O) groups excluding carboxylic acids is 3. The molecule has 0 fully saturated rings. The van der Waals surface area contributed by atoms with Crippen LogP contribution in [-0.2, 0) is 14.3 Å². The molecule has 9 nitrogen and oxygen atoms in total. The minimum atomic E-state index is -1.18. The highest BCUT2D eigenvalue weighted by atomic mass is 16.6. The van der Waals surface area contributed by atoms with E-state index in [1.165, 1.54) is 12.1 Å². The summed E-state index contributed by atoms with van der Waals surface area (Å²) in [4.78, 5) is 40.6. The molecule has 0 aliphatic carbocycles. The van der Waals surface area contributed by atoms with Crippen LogP contribution in [0.25, 0.3) is 0 Å². The Morgan fingerprint density at radius 2 is 1.82 bits per heavy atom. The fourth-order valence-electron chi connectivity index (χ4n) is 3.49. The zero-order chi connectivity index (χ0) is 26.1. The molecule has 0 radical (unpaired) electrons. The summed E-state index contributed by atoms with van der Waals surface area (Å²) in [6.45, 7) is 12.1. The van der Waals surface area contributed by atoms with E-state index in [4.69, 9.17) is 4.74 Å². The van der Waals surface area contributed by atoms with E-state index in [1.54, 1.807) is 46.8 Å². The number of aromatic hydroxyl groups is 1. The van der Waals surface area contributed by atoms with E-state index in [9.17, 15) is 24.8 Å². The molecule has 3 N–H and O–H groups in total. The van der Waals surface area contributed by atoms with Gasteiger partial charge in [0, 0.05) is 6.04 Å². The van der Waals surface area contributed by atoms with Crippen molar-refractivity contribution in [1.29, 1.82) is 5.26 Å². The lowest BCUT2D eigenvalue weighted by Gasteiger charge is -2.34. The summed E-state index contributed by atoms with van der Waals surface area (Å²) in [7, 11) is 0. The van der Waals surface area contributed by atoms with Crippen molar-refractivity contribution in [3.63, 3.8) is 0 Å². The third-order valence-electron chi connectivity index (χ3n) is 4.99. The largest absolute Gasteiger partial charge is 0.508 e. The molecule has 188 valence electrons. The predicted molar refractivity (Wildman–Crippen MR) is 129 cm³/mol. The van der Waals surface area contributed by atoms with Crippen LogP contribution in [0.3, 0.4) is 0 Å². The number of hydrogen-bond acceptors (Lipinski definition) is 6. The van der Waals surface area contributed by atoms with Gasteiger partial charge < -0.3 is 25.4 Å². The molecule has 9 heteroatoms. The van der Waals surface area contributed by atoms with Gasteiger partial charge in [-0.15, -0.1) is 0 Å². The van der Waals surface area contributed by atoms with Crippen LogP contribution in [-0.4, -0.2) is 52.1 Å². The Labute approximate surface area is 202 Å². The van der Waals surface area contributed by atoms with E-state index in [-0.39, 0.29) is 17.7 Å². The molecule has 0 spiro atoms. The minimum absolute atomic E-state index is 0.0754. The van der Waals surface area contributed by atoms with E-state index in [0.717, 1.165) is 17.7 Å². The van der Waals surface area contributed by atoms with Gasteiger partial charge in [-0.1, -0.05) is 39.3 Å². The standard InChI is InChI=1S/C25H38N4O5/c1-8-10-17(4)27-22(31)21(18-11-9-12-19(30)15-18)29(14-13-26)23(32)20(16(2)3)28-24(33)34-25(5,6)7/h9,11-12,15-17,20-21,30H,8,10,14H2,1-7H3,(H,27,31)(H,28,33). The highest BCUT2D eigenvalue weighted by Gasteiger charge is 2.37. The van der Waals surface area contributed by atoms with E-state index in [0.29, 0.717) is 5.56 Å². The zero-order valence-electron chi connectivity index (χ0n) is 21.2. The Morgan fingerprint density at radius 3 is 2.32 bits per heavy atom. The van der Waals surface area contributed by atoms with Crippen molar-refractivity contribution in [3.8, 4) is 11.8 Å². The average Bonchev–Trinajstić information content (AvgIpc) is 2.70. The Balaban J connectivity index is 3.41. The Bertz CT molecular complexity index is 888. The summed E-state index contributed by atoms with van der Waals surface area (Å²) in [6.07, 6.45) is 0.819. The number of amides is 3. The summed E-state index contributed by atoms with van der Waals surface area (Å²) in [5, 5.41) is 25.0. The maximum atomic E-state index is 13.7. The van der Waals surface area contributed by atoms with E-state index in [1.807, 2.05) is 19.9 Å². The van der Waals surface area contributed by atoms with Crippen molar-refractivity contribution in [1.82, 2.24) is 15.5 Å². The molecule has 0 aliphatic heterocycles. The Hall–Kier alpha value is -3.28. The lowest BCUT2D eigenvalue weighted by atomic mass is 9.98. The second-order valence-electron chi connectivity index (χ2n) is 9.69. The van der Waals surface area contributed by atoms with Crippen LogP contribution in [0.2, 0.25) is 0 Å². The van der Waals surface area contributed by atoms with Gasteiger partial charge in [0.15, 0.2) is 0 Å². The monoisotopic (exact) mass is 474 g/mol. The quantitative estimate of drug-likeness (QED) is 0.444. The summed E-state index contributed by atoms with van der Waals surface area (Å²) in [5.74, 6) is -1.51. The molecular formula is C25H38N4O5.